The molecule has 288 valence electrons. The molecule has 4 aromatic rings. The zero-order valence-electron chi connectivity index (χ0n) is 32.5. The number of alkyl carbamates (subject to hydrolysis) is 1. The predicted octanol–water partition coefficient (Wildman–Crippen LogP) is 7.37. The maximum absolute atomic E-state index is 13.8. The fraction of sp³-hybridized carbons (Fsp3) is 0.488. The number of methoxy groups -OCH3 is 2. The Labute approximate surface area is 317 Å². The lowest BCUT2D eigenvalue weighted by Gasteiger charge is -2.30. The number of likely N-dealkylation sites (tertiary alicyclic amines) is 2. The zero-order valence-corrected chi connectivity index (χ0v) is 32.5. The van der Waals surface area contributed by atoms with E-state index in [1.54, 1.807) is 23.1 Å². The number of rotatable bonds is 10. The number of hydrogen-bond donors (Lipinski definition) is 3. The van der Waals surface area contributed by atoms with Crippen molar-refractivity contribution in [3.63, 3.8) is 0 Å². The highest BCUT2D eigenvalue weighted by Gasteiger charge is 2.42. The summed E-state index contributed by atoms with van der Waals surface area (Å²) < 4.78 is 15.9. The summed E-state index contributed by atoms with van der Waals surface area (Å²) in [5, 5.41) is 2.71. The van der Waals surface area contributed by atoms with Crippen molar-refractivity contribution < 1.29 is 28.6 Å². The molecule has 2 aliphatic rings. The first-order valence-electron chi connectivity index (χ1n) is 18.7. The van der Waals surface area contributed by atoms with Crippen LogP contribution in [-0.2, 0) is 19.0 Å². The third-order valence-electron chi connectivity index (χ3n) is 10.2. The van der Waals surface area contributed by atoms with E-state index in [1.807, 2.05) is 40.8 Å². The summed E-state index contributed by atoms with van der Waals surface area (Å²) in [5.41, 5.74) is 5.28. The highest BCUT2D eigenvalue weighted by atomic mass is 16.6. The maximum Gasteiger partial charge on any atom is 0.410 e. The number of hydrogen-bond acceptors (Lipinski definition) is 8. The quantitative estimate of drug-likeness (QED) is 0.152. The standard InChI is InChI=1S/C41H53N7O6/c1-24(2)35(46-39(50)53-8)38(49)47-22-26(23-52-7)18-34(47)37-43-20-32(45-37)30-15-11-28(12-16-30)27-9-13-29(14-10-27)31-19-42-36(44-31)33-17-25(3)21-48(33)40(51)54-41(4,5)6/h9-16,19-20,24-26,33-35H,17-18,21-23H2,1-8H3,(H,42,44)(H,43,45)(H,46,50)/t25-,26-,33-,34-,35?/m0/s1. The van der Waals surface area contributed by atoms with Crippen LogP contribution >= 0.6 is 0 Å². The largest absolute Gasteiger partial charge is 0.453 e. The minimum atomic E-state index is -0.730. The molecule has 13 nitrogen and oxygen atoms in total. The van der Waals surface area contributed by atoms with Crippen LogP contribution in [-0.4, -0.2) is 93.4 Å². The Balaban J connectivity index is 1.14. The molecule has 0 aliphatic carbocycles. The number of H-pyrrole nitrogens is 2. The van der Waals surface area contributed by atoms with Gasteiger partial charge in [0.15, 0.2) is 0 Å². The molecule has 0 saturated carbocycles. The first kappa shape index (κ1) is 38.6. The van der Waals surface area contributed by atoms with Crippen LogP contribution in [0.15, 0.2) is 60.9 Å². The molecule has 3 amide bonds. The van der Waals surface area contributed by atoms with Gasteiger partial charge in [0.05, 0.1) is 49.6 Å². The smallest absolute Gasteiger partial charge is 0.410 e. The molecule has 0 spiro atoms. The van der Waals surface area contributed by atoms with E-state index < -0.39 is 17.7 Å². The number of aromatic nitrogens is 4. The number of nitrogens with one attached hydrogen (secondary N) is 3. The van der Waals surface area contributed by atoms with Crippen LogP contribution in [0.3, 0.4) is 0 Å². The van der Waals surface area contributed by atoms with Crippen LogP contribution in [0.2, 0.25) is 0 Å². The Morgan fingerprint density at radius 3 is 1.81 bits per heavy atom. The van der Waals surface area contributed by atoms with Crippen molar-refractivity contribution in [1.82, 2.24) is 35.1 Å². The SMILES string of the molecule is COC[C@H]1C[C@@H](c2ncc(-c3ccc(-c4ccc(-c5cnc([C@@H]6C[C@H](C)CN6C(=O)OC(C)(C)C)[nH]5)cc4)cc3)[nH]2)N(C(=O)C(NC(=O)OC)C(C)C)C1. The summed E-state index contributed by atoms with van der Waals surface area (Å²) in [6.45, 7) is 13.2. The Morgan fingerprint density at radius 2 is 1.33 bits per heavy atom. The fourth-order valence-corrected chi connectivity index (χ4v) is 7.48. The van der Waals surface area contributed by atoms with Gasteiger partial charge in [0.25, 0.3) is 0 Å². The van der Waals surface area contributed by atoms with Gasteiger partial charge in [-0.2, -0.15) is 0 Å². The van der Waals surface area contributed by atoms with Gasteiger partial charge < -0.3 is 34.4 Å². The number of imidazole rings is 2. The third kappa shape index (κ3) is 8.62. The number of carbonyl (C=O) groups is 3. The first-order chi connectivity index (χ1) is 25.7. The number of ether oxygens (including phenoxy) is 3. The lowest BCUT2D eigenvalue weighted by Crippen LogP contribution is -2.51. The normalized spacial score (nSPS) is 20.7. The average Bonchev–Trinajstić information content (AvgIpc) is 3.96. The molecule has 54 heavy (non-hydrogen) atoms. The van der Waals surface area contributed by atoms with E-state index in [1.165, 1.54) is 7.11 Å². The van der Waals surface area contributed by atoms with Crippen molar-refractivity contribution >= 4 is 18.1 Å². The molecule has 0 radical (unpaired) electrons. The topological polar surface area (TPSA) is 155 Å². The van der Waals surface area contributed by atoms with Gasteiger partial charge in [-0.1, -0.05) is 69.3 Å². The van der Waals surface area contributed by atoms with Gasteiger partial charge in [-0.25, -0.2) is 19.6 Å². The molecule has 6 rings (SSSR count). The molecule has 2 saturated heterocycles. The summed E-state index contributed by atoms with van der Waals surface area (Å²) >= 11 is 0. The molecule has 3 N–H and O–H groups in total. The van der Waals surface area contributed by atoms with E-state index in [0.29, 0.717) is 37.9 Å². The van der Waals surface area contributed by atoms with E-state index in [9.17, 15) is 14.4 Å². The van der Waals surface area contributed by atoms with Gasteiger partial charge in [0.2, 0.25) is 5.91 Å². The molecule has 2 aliphatic heterocycles. The van der Waals surface area contributed by atoms with Crippen molar-refractivity contribution in [3.05, 3.63) is 72.6 Å². The zero-order chi connectivity index (χ0) is 38.7. The monoisotopic (exact) mass is 739 g/mol. The average molecular weight is 740 g/mol. The lowest BCUT2D eigenvalue weighted by atomic mass is 10.0. The summed E-state index contributed by atoms with van der Waals surface area (Å²) in [6.07, 6.45) is 4.19. The molecule has 2 aromatic carbocycles. The second-order valence-electron chi connectivity index (χ2n) is 15.9. The molecule has 2 fully saturated rings. The minimum Gasteiger partial charge on any atom is -0.453 e. The van der Waals surface area contributed by atoms with Crippen LogP contribution in [0.1, 0.15) is 78.1 Å². The van der Waals surface area contributed by atoms with Gasteiger partial charge in [0.1, 0.15) is 23.3 Å². The molecule has 4 heterocycles. The van der Waals surface area contributed by atoms with Gasteiger partial charge in [-0.05, 0) is 67.7 Å². The van der Waals surface area contributed by atoms with Crippen LogP contribution < -0.4 is 5.32 Å². The van der Waals surface area contributed by atoms with Crippen molar-refractivity contribution in [3.8, 4) is 33.6 Å². The van der Waals surface area contributed by atoms with Crippen molar-refractivity contribution in [2.45, 2.75) is 78.1 Å². The number of nitrogens with zero attached hydrogens (tertiary/aromatic N) is 4. The van der Waals surface area contributed by atoms with Crippen molar-refractivity contribution in [2.24, 2.45) is 17.8 Å². The van der Waals surface area contributed by atoms with Gasteiger partial charge >= 0.3 is 12.2 Å². The maximum atomic E-state index is 13.8. The third-order valence-corrected chi connectivity index (χ3v) is 10.2. The fourth-order valence-electron chi connectivity index (χ4n) is 7.48. The second-order valence-corrected chi connectivity index (χ2v) is 15.9. The number of amides is 3. The number of carbonyl (C=O) groups excluding carboxylic acids is 3. The Morgan fingerprint density at radius 1 is 0.815 bits per heavy atom. The summed E-state index contributed by atoms with van der Waals surface area (Å²) in [7, 11) is 2.95. The van der Waals surface area contributed by atoms with Crippen LogP contribution in [0.4, 0.5) is 9.59 Å². The molecular formula is C41H53N7O6. The van der Waals surface area contributed by atoms with E-state index >= 15 is 0 Å². The molecule has 0 bridgehead atoms. The van der Waals surface area contributed by atoms with E-state index in [2.05, 4.69) is 75.7 Å². The van der Waals surface area contributed by atoms with Crippen LogP contribution in [0, 0.1) is 17.8 Å². The summed E-state index contributed by atoms with van der Waals surface area (Å²) in [5.74, 6) is 1.63. The van der Waals surface area contributed by atoms with E-state index in [0.717, 1.165) is 45.9 Å². The second kappa shape index (κ2) is 16.1. The number of aromatic amines is 2. The Bertz CT molecular complexity index is 1910. The van der Waals surface area contributed by atoms with Crippen molar-refractivity contribution in [2.75, 3.05) is 33.9 Å². The van der Waals surface area contributed by atoms with Crippen LogP contribution in [0.5, 0.6) is 0 Å². The molecular weight excluding hydrogens is 686 g/mol. The summed E-state index contributed by atoms with van der Waals surface area (Å²) in [6, 6.07) is 15.4. The Kier molecular flexibility index (Phi) is 11.5. The highest BCUT2D eigenvalue weighted by Crippen LogP contribution is 2.38. The highest BCUT2D eigenvalue weighted by molar-refractivity contribution is 5.86. The van der Waals surface area contributed by atoms with Gasteiger partial charge in [0, 0.05) is 26.1 Å². The van der Waals surface area contributed by atoms with Gasteiger partial charge in [-0.15, -0.1) is 0 Å². The van der Waals surface area contributed by atoms with E-state index in [4.69, 9.17) is 19.2 Å². The summed E-state index contributed by atoms with van der Waals surface area (Å²) in [4.78, 5) is 58.8. The van der Waals surface area contributed by atoms with Crippen LogP contribution in [0.25, 0.3) is 33.6 Å². The molecule has 5 atom stereocenters. The van der Waals surface area contributed by atoms with E-state index in [-0.39, 0.29) is 35.9 Å². The van der Waals surface area contributed by atoms with Gasteiger partial charge in [-0.3, -0.25) is 9.69 Å². The number of benzene rings is 2. The molecule has 13 heteroatoms. The minimum absolute atomic E-state index is 0.134. The lowest BCUT2D eigenvalue weighted by molar-refractivity contribution is -0.135. The predicted molar refractivity (Wildman–Crippen MR) is 205 cm³/mol. The molecule has 1 unspecified atom stereocenters. The van der Waals surface area contributed by atoms with Crippen molar-refractivity contribution in [1.29, 1.82) is 0 Å². The first-order valence-corrected chi connectivity index (χ1v) is 18.7. The molecule has 2 aromatic heterocycles. The Hall–Kier alpha value is -5.17.